The van der Waals surface area contributed by atoms with E-state index in [4.69, 9.17) is 0 Å². The molecule has 110 valence electrons. The zero-order chi connectivity index (χ0) is 15.6. The average Bonchev–Trinajstić information content (AvgIpc) is 2.40. The number of aryl methyl sites for hydroxylation is 1. The Labute approximate surface area is 124 Å². The highest BCUT2D eigenvalue weighted by Crippen LogP contribution is 2.19. The molecule has 0 amide bonds. The number of carbonyl (C=O) groups excluding carboxylic acids is 1. The van der Waals surface area contributed by atoms with E-state index in [9.17, 15) is 13.2 Å². The summed E-state index contributed by atoms with van der Waals surface area (Å²) in [5, 5.41) is 0. The normalized spacial score (nSPS) is 11.2. The van der Waals surface area contributed by atoms with Crippen LogP contribution in [-0.4, -0.2) is 20.5 Å². The molecule has 0 atom stereocenters. The van der Waals surface area contributed by atoms with Gasteiger partial charge in [0.1, 0.15) is 0 Å². The number of carbonyl (C=O) groups is 1. The second-order valence-electron chi connectivity index (χ2n) is 5.03. The molecule has 1 N–H and O–H groups in total. The Bertz CT molecular complexity index is 778. The smallest absolute Gasteiger partial charge is 0.229 e. The largest absolute Gasteiger partial charge is 0.289 e. The topological polar surface area (TPSA) is 63.2 Å². The molecule has 0 saturated heterocycles. The van der Waals surface area contributed by atoms with Crippen LogP contribution in [0.25, 0.3) is 0 Å². The number of benzene rings is 2. The lowest BCUT2D eigenvalue weighted by Gasteiger charge is -2.09. The molecule has 0 spiro atoms. The van der Waals surface area contributed by atoms with Gasteiger partial charge in [-0.2, -0.15) is 0 Å². The summed E-state index contributed by atoms with van der Waals surface area (Å²) in [7, 11) is -3.31. The van der Waals surface area contributed by atoms with Crippen molar-refractivity contribution in [1.29, 1.82) is 0 Å². The molecule has 0 aliphatic rings. The third kappa shape index (κ3) is 3.70. The minimum absolute atomic E-state index is 0.0675. The lowest BCUT2D eigenvalue weighted by Crippen LogP contribution is -2.10. The van der Waals surface area contributed by atoms with Gasteiger partial charge in [-0.3, -0.25) is 9.52 Å². The van der Waals surface area contributed by atoms with E-state index < -0.39 is 10.0 Å². The Morgan fingerprint density at radius 1 is 1.00 bits per heavy atom. The second kappa shape index (κ2) is 5.69. The number of rotatable bonds is 4. The number of ketones is 1. The molecular formula is C16H17NO3S. The SMILES string of the molecule is Cc1cccc(C(=O)c2ccc(NS(C)(=O)=O)cc2)c1C. The van der Waals surface area contributed by atoms with Crippen LogP contribution in [0.4, 0.5) is 5.69 Å². The Hall–Kier alpha value is -2.14. The van der Waals surface area contributed by atoms with Gasteiger partial charge in [-0.1, -0.05) is 18.2 Å². The fraction of sp³-hybridized carbons (Fsp3) is 0.188. The lowest BCUT2D eigenvalue weighted by molar-refractivity contribution is 0.103. The van der Waals surface area contributed by atoms with Crippen molar-refractivity contribution in [2.24, 2.45) is 0 Å². The van der Waals surface area contributed by atoms with E-state index in [0.29, 0.717) is 16.8 Å². The third-order valence-electron chi connectivity index (χ3n) is 3.30. The molecule has 5 heteroatoms. The van der Waals surface area contributed by atoms with Gasteiger partial charge in [0.05, 0.1) is 6.26 Å². The van der Waals surface area contributed by atoms with Crippen LogP contribution in [0, 0.1) is 13.8 Å². The fourth-order valence-electron chi connectivity index (χ4n) is 2.06. The number of hydrogen-bond acceptors (Lipinski definition) is 3. The molecule has 0 fully saturated rings. The van der Waals surface area contributed by atoms with E-state index in [-0.39, 0.29) is 5.78 Å². The van der Waals surface area contributed by atoms with Crippen molar-refractivity contribution >= 4 is 21.5 Å². The van der Waals surface area contributed by atoms with Gasteiger partial charge in [0, 0.05) is 16.8 Å². The van der Waals surface area contributed by atoms with E-state index in [0.717, 1.165) is 17.4 Å². The summed E-state index contributed by atoms with van der Waals surface area (Å²) < 4.78 is 24.7. The molecule has 0 bridgehead atoms. The summed E-state index contributed by atoms with van der Waals surface area (Å²) in [6, 6.07) is 12.0. The minimum atomic E-state index is -3.31. The first-order valence-corrected chi connectivity index (χ1v) is 8.36. The van der Waals surface area contributed by atoms with Crippen LogP contribution in [0.2, 0.25) is 0 Å². The molecular weight excluding hydrogens is 286 g/mol. The Kier molecular flexibility index (Phi) is 4.14. The lowest BCUT2D eigenvalue weighted by atomic mass is 9.96. The molecule has 4 nitrogen and oxygen atoms in total. The molecule has 0 radical (unpaired) electrons. The first-order chi connectivity index (χ1) is 9.78. The van der Waals surface area contributed by atoms with E-state index in [1.807, 2.05) is 26.0 Å². The van der Waals surface area contributed by atoms with Crippen molar-refractivity contribution in [3.05, 3.63) is 64.7 Å². The first kappa shape index (κ1) is 15.3. The number of nitrogens with one attached hydrogen (secondary N) is 1. The van der Waals surface area contributed by atoms with Crippen LogP contribution in [0.15, 0.2) is 42.5 Å². The monoisotopic (exact) mass is 303 g/mol. The molecule has 2 aromatic carbocycles. The maximum Gasteiger partial charge on any atom is 0.229 e. The Morgan fingerprint density at radius 3 is 2.19 bits per heavy atom. The van der Waals surface area contributed by atoms with E-state index in [1.165, 1.54) is 0 Å². The van der Waals surface area contributed by atoms with E-state index >= 15 is 0 Å². The van der Waals surface area contributed by atoms with Crippen molar-refractivity contribution in [2.75, 3.05) is 11.0 Å². The number of sulfonamides is 1. The van der Waals surface area contributed by atoms with Crippen LogP contribution in [0.5, 0.6) is 0 Å². The van der Waals surface area contributed by atoms with E-state index in [1.54, 1.807) is 30.3 Å². The average molecular weight is 303 g/mol. The van der Waals surface area contributed by atoms with Crippen molar-refractivity contribution in [1.82, 2.24) is 0 Å². The highest BCUT2D eigenvalue weighted by Gasteiger charge is 2.12. The minimum Gasteiger partial charge on any atom is -0.289 e. The summed E-state index contributed by atoms with van der Waals surface area (Å²) >= 11 is 0. The van der Waals surface area contributed by atoms with E-state index in [2.05, 4.69) is 4.72 Å². The predicted octanol–water partition coefficient (Wildman–Crippen LogP) is 2.91. The van der Waals surface area contributed by atoms with Crippen molar-refractivity contribution in [3.63, 3.8) is 0 Å². The van der Waals surface area contributed by atoms with Crippen LogP contribution in [-0.2, 0) is 10.0 Å². The molecule has 0 heterocycles. The zero-order valence-corrected chi connectivity index (χ0v) is 13.0. The quantitative estimate of drug-likeness (QED) is 0.883. The van der Waals surface area contributed by atoms with Gasteiger partial charge in [0.2, 0.25) is 10.0 Å². The fourth-order valence-corrected chi connectivity index (χ4v) is 2.62. The van der Waals surface area contributed by atoms with Crippen molar-refractivity contribution in [3.8, 4) is 0 Å². The maximum atomic E-state index is 12.5. The zero-order valence-electron chi connectivity index (χ0n) is 12.2. The van der Waals surface area contributed by atoms with Gasteiger partial charge < -0.3 is 0 Å². The van der Waals surface area contributed by atoms with Gasteiger partial charge in [-0.05, 0) is 49.2 Å². The standard InChI is InChI=1S/C16H17NO3S/c1-11-5-4-6-15(12(11)2)16(18)13-7-9-14(10-8-13)17-21(3,19)20/h4-10,17H,1-3H3. The number of hydrogen-bond donors (Lipinski definition) is 1. The summed E-state index contributed by atoms with van der Waals surface area (Å²) in [6.07, 6.45) is 1.09. The maximum absolute atomic E-state index is 12.5. The van der Waals surface area contributed by atoms with Gasteiger partial charge >= 0.3 is 0 Å². The summed E-state index contributed by atoms with van der Waals surface area (Å²) in [4.78, 5) is 12.5. The molecule has 0 aliphatic carbocycles. The third-order valence-corrected chi connectivity index (χ3v) is 3.91. The second-order valence-corrected chi connectivity index (χ2v) is 6.78. The van der Waals surface area contributed by atoms with Gasteiger partial charge in [-0.25, -0.2) is 8.42 Å². The van der Waals surface area contributed by atoms with Crippen LogP contribution < -0.4 is 4.72 Å². The van der Waals surface area contributed by atoms with Gasteiger partial charge in [-0.15, -0.1) is 0 Å². The van der Waals surface area contributed by atoms with Crippen LogP contribution >= 0.6 is 0 Å². The molecule has 2 aromatic rings. The summed E-state index contributed by atoms with van der Waals surface area (Å²) in [6.45, 7) is 3.88. The molecule has 0 aliphatic heterocycles. The summed E-state index contributed by atoms with van der Waals surface area (Å²) in [5.74, 6) is -0.0675. The molecule has 2 rings (SSSR count). The van der Waals surface area contributed by atoms with Crippen LogP contribution in [0.1, 0.15) is 27.0 Å². The Balaban J connectivity index is 2.30. The van der Waals surface area contributed by atoms with Crippen molar-refractivity contribution in [2.45, 2.75) is 13.8 Å². The summed E-state index contributed by atoms with van der Waals surface area (Å²) in [5.41, 5.74) is 3.66. The van der Waals surface area contributed by atoms with Crippen molar-refractivity contribution < 1.29 is 13.2 Å². The first-order valence-electron chi connectivity index (χ1n) is 6.47. The highest BCUT2D eigenvalue weighted by molar-refractivity contribution is 7.92. The highest BCUT2D eigenvalue weighted by atomic mass is 32.2. The number of anilines is 1. The Morgan fingerprint density at radius 2 is 1.62 bits per heavy atom. The molecule has 0 aromatic heterocycles. The molecule has 0 unspecified atom stereocenters. The molecule has 21 heavy (non-hydrogen) atoms. The van der Waals surface area contributed by atoms with Crippen LogP contribution in [0.3, 0.4) is 0 Å². The van der Waals surface area contributed by atoms with Gasteiger partial charge in [0.25, 0.3) is 0 Å². The van der Waals surface area contributed by atoms with Gasteiger partial charge in [0.15, 0.2) is 5.78 Å². The predicted molar refractivity (Wildman–Crippen MR) is 84.3 cm³/mol. The molecule has 0 saturated carbocycles.